The number of likely N-dealkylation sites (N-methyl/N-ethyl adjacent to an activating group) is 1. The van der Waals surface area contributed by atoms with Crippen LogP contribution in [0.1, 0.15) is 49.2 Å². The molecule has 132 valence electrons. The van der Waals surface area contributed by atoms with Gasteiger partial charge in [-0.05, 0) is 32.2 Å². The molecule has 0 bridgehead atoms. The molecule has 2 saturated carbocycles. The molecule has 2 aliphatic rings. The lowest BCUT2D eigenvalue weighted by atomic mass is 9.85. The monoisotopic (exact) mass is 352 g/mol. The van der Waals surface area contributed by atoms with Crippen LogP contribution in [0.3, 0.4) is 0 Å². The molecule has 0 unspecified atom stereocenters. The van der Waals surface area contributed by atoms with Gasteiger partial charge in [-0.1, -0.05) is 6.92 Å². The smallest absolute Gasteiger partial charge is 0.317 e. The summed E-state index contributed by atoms with van der Waals surface area (Å²) in [5.41, 5.74) is 1.16. The molecule has 3 rings (SSSR count). The van der Waals surface area contributed by atoms with Gasteiger partial charge in [0.1, 0.15) is 5.01 Å². The van der Waals surface area contributed by atoms with Gasteiger partial charge in [0.05, 0.1) is 18.8 Å². The summed E-state index contributed by atoms with van der Waals surface area (Å²) in [5, 5.41) is 17.7. The average molecular weight is 352 g/mol. The maximum Gasteiger partial charge on any atom is 0.317 e. The highest BCUT2D eigenvalue weighted by molar-refractivity contribution is 7.09. The molecule has 3 N–H and O–H groups in total. The summed E-state index contributed by atoms with van der Waals surface area (Å²) in [5.74, 6) is -0.164. The number of aromatic nitrogens is 1. The van der Waals surface area contributed by atoms with Gasteiger partial charge in [0.2, 0.25) is 0 Å². The van der Waals surface area contributed by atoms with E-state index in [0.717, 1.165) is 23.5 Å². The van der Waals surface area contributed by atoms with Gasteiger partial charge in [-0.2, -0.15) is 0 Å². The molecule has 1 aromatic rings. The molecule has 2 fully saturated rings. The lowest BCUT2D eigenvalue weighted by Crippen LogP contribution is -2.56. The van der Waals surface area contributed by atoms with Crippen LogP contribution in [0, 0.1) is 0 Å². The van der Waals surface area contributed by atoms with Crippen molar-refractivity contribution >= 4 is 23.3 Å². The second-order valence-corrected chi connectivity index (χ2v) is 7.49. The van der Waals surface area contributed by atoms with E-state index >= 15 is 0 Å². The Morgan fingerprint density at radius 2 is 2.17 bits per heavy atom. The Labute approximate surface area is 145 Å². The topological polar surface area (TPSA) is 94.6 Å². The first-order chi connectivity index (χ1) is 11.5. The minimum Gasteiger partial charge on any atom is -0.480 e. The van der Waals surface area contributed by atoms with Crippen LogP contribution in [0.2, 0.25) is 0 Å². The molecule has 1 heterocycles. The number of nitrogens with one attached hydrogen (secondary N) is 2. The molecule has 2 aliphatic carbocycles. The van der Waals surface area contributed by atoms with E-state index in [9.17, 15) is 9.59 Å². The number of hydrogen-bond donors (Lipinski definition) is 3. The number of carboxylic acid groups (broad SMARTS) is 1. The minimum atomic E-state index is -0.806. The first-order valence-electron chi connectivity index (χ1n) is 8.49. The van der Waals surface area contributed by atoms with E-state index in [-0.39, 0.29) is 24.7 Å². The fourth-order valence-electron chi connectivity index (χ4n) is 3.04. The number of hydrogen-bond acceptors (Lipinski definition) is 5. The fraction of sp³-hybridized carbons (Fsp3) is 0.688. The normalized spacial score (nSPS) is 22.9. The maximum atomic E-state index is 11.9. The van der Waals surface area contributed by atoms with E-state index in [1.807, 2.05) is 11.8 Å². The van der Waals surface area contributed by atoms with Crippen LogP contribution in [0.5, 0.6) is 0 Å². The molecule has 0 saturated heterocycles. The van der Waals surface area contributed by atoms with Crippen LogP contribution in [0.4, 0.5) is 4.79 Å². The highest BCUT2D eigenvalue weighted by Crippen LogP contribution is 2.40. The van der Waals surface area contributed by atoms with Gasteiger partial charge in [0.25, 0.3) is 0 Å². The van der Waals surface area contributed by atoms with Crippen molar-refractivity contribution < 1.29 is 14.7 Å². The van der Waals surface area contributed by atoms with Gasteiger partial charge in [-0.15, -0.1) is 11.3 Å². The van der Waals surface area contributed by atoms with Gasteiger partial charge in [-0.3, -0.25) is 9.69 Å². The number of rotatable bonds is 8. The highest BCUT2D eigenvalue weighted by atomic mass is 32.1. The minimum absolute atomic E-state index is 0.0630. The summed E-state index contributed by atoms with van der Waals surface area (Å²) in [4.78, 5) is 29.2. The van der Waals surface area contributed by atoms with Gasteiger partial charge in [0, 0.05) is 23.4 Å². The Morgan fingerprint density at radius 3 is 2.79 bits per heavy atom. The van der Waals surface area contributed by atoms with Crippen LogP contribution in [-0.2, 0) is 11.3 Å². The predicted molar refractivity (Wildman–Crippen MR) is 91.2 cm³/mol. The van der Waals surface area contributed by atoms with Crippen molar-refractivity contribution in [2.45, 2.75) is 57.2 Å². The summed E-state index contributed by atoms with van der Waals surface area (Å²) in [7, 11) is 0. The highest BCUT2D eigenvalue weighted by Gasteiger charge is 2.34. The molecular weight excluding hydrogens is 328 g/mol. The van der Waals surface area contributed by atoms with Crippen molar-refractivity contribution in [3.63, 3.8) is 0 Å². The van der Waals surface area contributed by atoms with Crippen molar-refractivity contribution in [1.82, 2.24) is 20.5 Å². The van der Waals surface area contributed by atoms with E-state index in [0.29, 0.717) is 19.0 Å². The Kier molecular flexibility index (Phi) is 5.35. The third kappa shape index (κ3) is 4.45. The molecular formula is C16H24N4O3S. The fourth-order valence-corrected chi connectivity index (χ4v) is 3.86. The third-order valence-corrected chi connectivity index (χ3v) is 5.54. The SMILES string of the molecule is CCN(CC(=O)O)C1CC(NC(=O)NCc2nc(C3CC3)cs2)C1. The Balaban J connectivity index is 1.34. The molecule has 0 aromatic carbocycles. The first-order valence-corrected chi connectivity index (χ1v) is 9.37. The number of carbonyl (C=O) groups excluding carboxylic acids is 1. The Bertz CT molecular complexity index is 596. The van der Waals surface area contributed by atoms with Crippen LogP contribution >= 0.6 is 11.3 Å². The number of nitrogens with zero attached hydrogens (tertiary/aromatic N) is 2. The number of carbonyl (C=O) groups is 2. The van der Waals surface area contributed by atoms with Crippen LogP contribution in [0.25, 0.3) is 0 Å². The number of amides is 2. The Morgan fingerprint density at radius 1 is 1.42 bits per heavy atom. The molecule has 0 atom stereocenters. The standard InChI is InChI=1S/C16H24N4O3S/c1-2-20(8-15(21)22)12-5-11(6-12)18-16(23)17-7-14-19-13(9-24-14)10-3-4-10/h9-12H,2-8H2,1H3,(H,21,22)(H2,17,18,23). The van der Waals surface area contributed by atoms with Crippen molar-refractivity contribution in [1.29, 1.82) is 0 Å². The van der Waals surface area contributed by atoms with Gasteiger partial charge >= 0.3 is 12.0 Å². The number of carboxylic acids is 1. The lowest BCUT2D eigenvalue weighted by Gasteiger charge is -2.42. The van der Waals surface area contributed by atoms with Gasteiger partial charge in [0.15, 0.2) is 0 Å². The number of urea groups is 1. The van der Waals surface area contributed by atoms with Crippen LogP contribution in [-0.4, -0.2) is 52.2 Å². The second kappa shape index (κ2) is 7.48. The molecule has 0 radical (unpaired) electrons. The molecule has 0 spiro atoms. The lowest BCUT2D eigenvalue weighted by molar-refractivity contribution is -0.139. The summed E-state index contributed by atoms with van der Waals surface area (Å²) < 4.78 is 0. The Hall–Kier alpha value is -1.67. The molecule has 8 heteroatoms. The second-order valence-electron chi connectivity index (χ2n) is 6.55. The third-order valence-electron chi connectivity index (χ3n) is 4.67. The van der Waals surface area contributed by atoms with Crippen molar-refractivity contribution in [3.8, 4) is 0 Å². The number of aliphatic carboxylic acids is 1. The van der Waals surface area contributed by atoms with Crippen LogP contribution in [0.15, 0.2) is 5.38 Å². The molecule has 1 aromatic heterocycles. The van der Waals surface area contributed by atoms with E-state index in [4.69, 9.17) is 5.11 Å². The summed E-state index contributed by atoms with van der Waals surface area (Å²) in [6.07, 6.45) is 4.07. The van der Waals surface area contributed by atoms with E-state index in [1.165, 1.54) is 12.8 Å². The molecule has 0 aliphatic heterocycles. The maximum absolute atomic E-state index is 11.9. The quantitative estimate of drug-likeness (QED) is 0.663. The van der Waals surface area contributed by atoms with Crippen LogP contribution < -0.4 is 10.6 Å². The number of thiazole rings is 1. The van der Waals surface area contributed by atoms with Gasteiger partial charge in [-0.25, -0.2) is 9.78 Å². The molecule has 24 heavy (non-hydrogen) atoms. The van der Waals surface area contributed by atoms with Crippen molar-refractivity contribution in [2.75, 3.05) is 13.1 Å². The van der Waals surface area contributed by atoms with Crippen molar-refractivity contribution in [2.24, 2.45) is 0 Å². The summed E-state index contributed by atoms with van der Waals surface area (Å²) >= 11 is 1.60. The molecule has 2 amide bonds. The molecule has 7 nitrogen and oxygen atoms in total. The zero-order valence-electron chi connectivity index (χ0n) is 13.8. The zero-order chi connectivity index (χ0) is 17.1. The average Bonchev–Trinajstić information content (AvgIpc) is 3.25. The first kappa shape index (κ1) is 17.2. The van der Waals surface area contributed by atoms with Gasteiger partial charge < -0.3 is 15.7 Å². The van der Waals surface area contributed by atoms with Crippen molar-refractivity contribution in [3.05, 3.63) is 16.1 Å². The van der Waals surface area contributed by atoms with E-state index in [2.05, 4.69) is 21.0 Å². The summed E-state index contributed by atoms with van der Waals surface area (Å²) in [6.45, 7) is 3.19. The van der Waals surface area contributed by atoms with E-state index < -0.39 is 5.97 Å². The van der Waals surface area contributed by atoms with E-state index in [1.54, 1.807) is 11.3 Å². The zero-order valence-corrected chi connectivity index (χ0v) is 14.6. The predicted octanol–water partition coefficient (Wildman–Crippen LogP) is 1.76. The summed E-state index contributed by atoms with van der Waals surface area (Å²) in [6, 6.07) is 0.190. The largest absolute Gasteiger partial charge is 0.480 e.